The maximum Gasteiger partial charge on any atom is 0.410 e. The van der Waals surface area contributed by atoms with Gasteiger partial charge in [-0.2, -0.15) is 0 Å². The zero-order valence-electron chi connectivity index (χ0n) is 15.1. The highest BCUT2D eigenvalue weighted by Crippen LogP contribution is 2.35. The van der Waals surface area contributed by atoms with Gasteiger partial charge in [0.05, 0.1) is 6.04 Å². The van der Waals surface area contributed by atoms with Crippen LogP contribution in [0, 0.1) is 12.7 Å². The molecular formula is C18H24ClFN2O3. The van der Waals surface area contributed by atoms with E-state index in [4.69, 9.17) is 21.1 Å². The van der Waals surface area contributed by atoms with Crippen molar-refractivity contribution in [3.8, 4) is 5.75 Å². The average Bonchev–Trinajstić information content (AvgIpc) is 2.69. The lowest BCUT2D eigenvalue weighted by molar-refractivity contribution is -0.00164. The Hall–Kier alpha value is -1.53. The van der Waals surface area contributed by atoms with Crippen molar-refractivity contribution in [2.45, 2.75) is 45.9 Å². The van der Waals surface area contributed by atoms with Crippen molar-refractivity contribution in [1.29, 1.82) is 0 Å². The quantitative estimate of drug-likeness (QED) is 0.699. The van der Waals surface area contributed by atoms with Crippen LogP contribution < -0.4 is 4.74 Å². The lowest BCUT2D eigenvalue weighted by atomic mass is 10.1. The molecule has 1 aromatic rings. The van der Waals surface area contributed by atoms with Gasteiger partial charge in [-0.1, -0.05) is 11.6 Å². The second-order valence-electron chi connectivity index (χ2n) is 7.65. The van der Waals surface area contributed by atoms with E-state index in [2.05, 4.69) is 4.90 Å². The number of carbonyl (C=O) groups excluding carboxylic acids is 1. The summed E-state index contributed by atoms with van der Waals surface area (Å²) in [5, 5.41) is 0.408. The predicted molar refractivity (Wildman–Crippen MR) is 93.6 cm³/mol. The molecule has 0 radical (unpaired) electrons. The van der Waals surface area contributed by atoms with Gasteiger partial charge in [-0.3, -0.25) is 4.90 Å². The Kier molecular flexibility index (Phi) is 4.86. The van der Waals surface area contributed by atoms with Gasteiger partial charge in [0.15, 0.2) is 11.6 Å². The normalized spacial score (nSPS) is 21.0. The first-order valence-corrected chi connectivity index (χ1v) is 8.86. The Labute approximate surface area is 152 Å². The number of amides is 1. The van der Waals surface area contributed by atoms with Crippen LogP contribution in [0.25, 0.3) is 0 Å². The molecule has 25 heavy (non-hydrogen) atoms. The molecule has 1 amide bonds. The number of hydrogen-bond acceptors (Lipinski definition) is 4. The van der Waals surface area contributed by atoms with Crippen LogP contribution in [0.15, 0.2) is 6.07 Å². The Morgan fingerprint density at radius 1 is 1.40 bits per heavy atom. The molecular weight excluding hydrogens is 347 g/mol. The third-order valence-corrected chi connectivity index (χ3v) is 4.92. The number of hydrogen-bond donors (Lipinski definition) is 0. The molecule has 138 valence electrons. The Bertz CT molecular complexity index is 690. The zero-order chi connectivity index (χ0) is 18.4. The molecule has 0 aromatic heterocycles. The number of ether oxygens (including phenoxy) is 2. The summed E-state index contributed by atoms with van der Waals surface area (Å²) < 4.78 is 25.7. The van der Waals surface area contributed by atoms with Crippen molar-refractivity contribution in [2.75, 3.05) is 26.2 Å². The maximum absolute atomic E-state index is 14.5. The molecule has 0 spiro atoms. The highest BCUT2D eigenvalue weighted by Gasteiger charge is 2.35. The lowest BCUT2D eigenvalue weighted by Crippen LogP contribution is -2.56. The van der Waals surface area contributed by atoms with Gasteiger partial charge >= 0.3 is 6.09 Å². The molecule has 1 saturated heterocycles. The molecule has 0 bridgehead atoms. The standard InChI is InChI=1S/C18H24ClFN2O3/c1-11-14(19)7-12-8-21-5-6-22(17(23)25-18(2,3)4)9-13(21)10-24-16(12)15(11)20/h7,13H,5-6,8-10H2,1-4H3. The third-order valence-electron chi connectivity index (χ3n) is 4.53. The minimum Gasteiger partial charge on any atom is -0.488 e. The second-order valence-corrected chi connectivity index (χ2v) is 8.05. The van der Waals surface area contributed by atoms with Crippen molar-refractivity contribution < 1.29 is 18.7 Å². The van der Waals surface area contributed by atoms with Crippen molar-refractivity contribution in [1.82, 2.24) is 9.80 Å². The second kappa shape index (κ2) is 6.65. The highest BCUT2D eigenvalue weighted by atomic mass is 35.5. The molecule has 0 N–H and O–H groups in total. The number of fused-ring (bicyclic) bond motifs is 2. The number of halogens is 2. The number of rotatable bonds is 0. The Balaban J connectivity index is 1.75. The van der Waals surface area contributed by atoms with E-state index in [0.717, 1.165) is 5.56 Å². The molecule has 2 aliphatic rings. The van der Waals surface area contributed by atoms with Crippen LogP contribution in [0.3, 0.4) is 0 Å². The van der Waals surface area contributed by atoms with Crippen LogP contribution in [-0.4, -0.2) is 53.8 Å². The van der Waals surface area contributed by atoms with E-state index in [1.165, 1.54) is 0 Å². The van der Waals surface area contributed by atoms with Crippen molar-refractivity contribution >= 4 is 17.7 Å². The zero-order valence-corrected chi connectivity index (χ0v) is 15.8. The first kappa shape index (κ1) is 18.3. The number of nitrogens with zero attached hydrogens (tertiary/aromatic N) is 2. The third kappa shape index (κ3) is 3.85. The Morgan fingerprint density at radius 2 is 2.12 bits per heavy atom. The van der Waals surface area contributed by atoms with Gasteiger partial charge < -0.3 is 14.4 Å². The van der Waals surface area contributed by atoms with Gasteiger partial charge in [0, 0.05) is 42.3 Å². The molecule has 7 heteroatoms. The summed E-state index contributed by atoms with van der Waals surface area (Å²) in [7, 11) is 0. The number of benzene rings is 1. The fourth-order valence-electron chi connectivity index (χ4n) is 3.17. The van der Waals surface area contributed by atoms with Gasteiger partial charge in [-0.05, 0) is 33.8 Å². The molecule has 1 atom stereocenters. The van der Waals surface area contributed by atoms with Crippen molar-refractivity contribution in [3.63, 3.8) is 0 Å². The van der Waals surface area contributed by atoms with Gasteiger partial charge in [0.2, 0.25) is 0 Å². The van der Waals surface area contributed by atoms with E-state index in [-0.39, 0.29) is 17.9 Å². The molecule has 0 saturated carbocycles. The Morgan fingerprint density at radius 3 is 2.80 bits per heavy atom. The summed E-state index contributed by atoms with van der Waals surface area (Å²) in [4.78, 5) is 16.2. The minimum atomic E-state index is -0.526. The SMILES string of the molecule is Cc1c(Cl)cc2c(c1F)OCC1CN(C(=O)OC(C)(C)C)CCN1C2. The van der Waals surface area contributed by atoms with E-state index in [1.54, 1.807) is 17.9 Å². The molecule has 2 heterocycles. The van der Waals surface area contributed by atoms with Crippen LogP contribution >= 0.6 is 11.6 Å². The van der Waals surface area contributed by atoms with Crippen LogP contribution in [-0.2, 0) is 11.3 Å². The van der Waals surface area contributed by atoms with E-state index in [9.17, 15) is 9.18 Å². The minimum absolute atomic E-state index is 0.00727. The van der Waals surface area contributed by atoms with Gasteiger partial charge in [0.25, 0.3) is 0 Å². The monoisotopic (exact) mass is 370 g/mol. The van der Waals surface area contributed by atoms with Crippen LogP contribution in [0.2, 0.25) is 5.02 Å². The van der Waals surface area contributed by atoms with Crippen LogP contribution in [0.4, 0.5) is 9.18 Å². The molecule has 1 aromatic carbocycles. The fourth-order valence-corrected chi connectivity index (χ4v) is 3.38. The first-order valence-electron chi connectivity index (χ1n) is 8.48. The average molecular weight is 371 g/mol. The fraction of sp³-hybridized carbons (Fsp3) is 0.611. The largest absolute Gasteiger partial charge is 0.488 e. The summed E-state index contributed by atoms with van der Waals surface area (Å²) in [6.07, 6.45) is -0.320. The summed E-state index contributed by atoms with van der Waals surface area (Å²) >= 11 is 6.12. The number of piperazine rings is 1. The van der Waals surface area contributed by atoms with Crippen LogP contribution in [0.1, 0.15) is 31.9 Å². The smallest absolute Gasteiger partial charge is 0.410 e. The first-order chi connectivity index (χ1) is 11.7. The van der Waals surface area contributed by atoms with E-state index >= 15 is 0 Å². The van der Waals surface area contributed by atoms with Crippen molar-refractivity contribution in [3.05, 3.63) is 28.0 Å². The molecule has 1 unspecified atom stereocenters. The molecule has 0 aliphatic carbocycles. The highest BCUT2D eigenvalue weighted by molar-refractivity contribution is 6.31. The van der Waals surface area contributed by atoms with Crippen LogP contribution in [0.5, 0.6) is 5.75 Å². The topological polar surface area (TPSA) is 42.0 Å². The molecule has 2 aliphatic heterocycles. The summed E-state index contributed by atoms with van der Waals surface area (Å²) in [5.41, 5.74) is 0.624. The van der Waals surface area contributed by atoms with Gasteiger partial charge in [0.1, 0.15) is 12.2 Å². The lowest BCUT2D eigenvalue weighted by Gasteiger charge is -2.40. The predicted octanol–water partition coefficient (Wildman–Crippen LogP) is 3.60. The van der Waals surface area contributed by atoms with E-state index in [1.807, 2.05) is 20.8 Å². The molecule has 5 nitrogen and oxygen atoms in total. The molecule has 3 rings (SSSR count). The van der Waals surface area contributed by atoms with E-state index in [0.29, 0.717) is 43.4 Å². The van der Waals surface area contributed by atoms with Gasteiger partial charge in [-0.25, -0.2) is 9.18 Å². The van der Waals surface area contributed by atoms with Crippen molar-refractivity contribution in [2.24, 2.45) is 0 Å². The molecule has 1 fully saturated rings. The maximum atomic E-state index is 14.5. The summed E-state index contributed by atoms with van der Waals surface area (Å²) in [5.74, 6) is -0.119. The van der Waals surface area contributed by atoms with Gasteiger partial charge in [-0.15, -0.1) is 0 Å². The van der Waals surface area contributed by atoms with E-state index < -0.39 is 11.4 Å². The summed E-state index contributed by atoms with van der Waals surface area (Å²) in [6, 6.07) is 1.77. The number of carbonyl (C=O) groups is 1. The summed E-state index contributed by atoms with van der Waals surface area (Å²) in [6.45, 7) is 9.82.